The summed E-state index contributed by atoms with van der Waals surface area (Å²) >= 11 is 0. The minimum atomic E-state index is -0.523. The molecule has 1 unspecified atom stereocenters. The van der Waals surface area contributed by atoms with E-state index in [1.54, 1.807) is 0 Å². The number of rotatable bonds is 3. The number of aromatic amines is 1. The van der Waals surface area contributed by atoms with Gasteiger partial charge in [-0.1, -0.05) is 13.8 Å². The molecule has 0 aromatic carbocycles. The number of nitrogens with zero attached hydrogens (tertiary/aromatic N) is 2. The van der Waals surface area contributed by atoms with Crippen LogP contribution < -0.4 is 5.73 Å². The van der Waals surface area contributed by atoms with Crippen LogP contribution in [-0.2, 0) is 4.74 Å². The van der Waals surface area contributed by atoms with Crippen LogP contribution in [0.1, 0.15) is 36.1 Å². The van der Waals surface area contributed by atoms with Crippen LogP contribution in [-0.4, -0.2) is 28.5 Å². The fourth-order valence-electron chi connectivity index (χ4n) is 1.03. The van der Waals surface area contributed by atoms with E-state index in [1.165, 1.54) is 7.11 Å². The zero-order valence-corrected chi connectivity index (χ0v) is 8.44. The molecule has 0 saturated carbocycles. The van der Waals surface area contributed by atoms with Gasteiger partial charge in [0.05, 0.1) is 13.2 Å². The molecule has 0 amide bonds. The molecule has 0 fully saturated rings. The first-order valence-corrected chi connectivity index (χ1v) is 4.32. The molecule has 1 atom stereocenters. The minimum absolute atomic E-state index is 0.161. The highest BCUT2D eigenvalue weighted by atomic mass is 16.5. The molecule has 1 rings (SSSR count). The van der Waals surface area contributed by atoms with Crippen LogP contribution in [0.15, 0.2) is 0 Å². The smallest absolute Gasteiger partial charge is 0.360 e. The van der Waals surface area contributed by atoms with Gasteiger partial charge in [0.2, 0.25) is 0 Å². The summed E-state index contributed by atoms with van der Waals surface area (Å²) in [6.45, 7) is 3.89. The van der Waals surface area contributed by atoms with Crippen molar-refractivity contribution in [1.82, 2.24) is 15.4 Å². The van der Waals surface area contributed by atoms with E-state index in [2.05, 4.69) is 20.1 Å². The van der Waals surface area contributed by atoms with E-state index >= 15 is 0 Å². The minimum Gasteiger partial charge on any atom is -0.464 e. The highest BCUT2D eigenvalue weighted by molar-refractivity contribution is 5.88. The molecule has 3 N–H and O–H groups in total. The number of nitrogens with two attached hydrogens (primary N) is 1. The van der Waals surface area contributed by atoms with E-state index in [-0.39, 0.29) is 17.7 Å². The topological polar surface area (TPSA) is 93.9 Å². The second-order valence-electron chi connectivity index (χ2n) is 3.32. The molecular weight excluding hydrogens is 184 g/mol. The Morgan fingerprint density at radius 1 is 1.50 bits per heavy atom. The SMILES string of the molecule is COC(=O)c1n[nH]nc1C(N)C(C)C. The van der Waals surface area contributed by atoms with Crippen LogP contribution in [0.4, 0.5) is 0 Å². The Morgan fingerprint density at radius 3 is 2.64 bits per heavy atom. The number of methoxy groups -OCH3 is 1. The molecule has 1 aromatic heterocycles. The second-order valence-corrected chi connectivity index (χ2v) is 3.32. The van der Waals surface area contributed by atoms with Gasteiger partial charge >= 0.3 is 5.97 Å². The van der Waals surface area contributed by atoms with E-state index in [1.807, 2.05) is 13.8 Å². The lowest BCUT2D eigenvalue weighted by atomic mass is 10.0. The highest BCUT2D eigenvalue weighted by Crippen LogP contribution is 2.18. The fourth-order valence-corrected chi connectivity index (χ4v) is 1.03. The maximum Gasteiger partial charge on any atom is 0.360 e. The maximum absolute atomic E-state index is 11.2. The van der Waals surface area contributed by atoms with Crippen molar-refractivity contribution >= 4 is 5.97 Å². The lowest BCUT2D eigenvalue weighted by Gasteiger charge is -2.12. The molecular formula is C8H14N4O2. The first-order valence-electron chi connectivity index (χ1n) is 4.32. The second kappa shape index (κ2) is 4.19. The molecule has 0 spiro atoms. The van der Waals surface area contributed by atoms with Crippen LogP contribution in [0.3, 0.4) is 0 Å². The van der Waals surface area contributed by atoms with Crippen LogP contribution in [0.5, 0.6) is 0 Å². The molecule has 0 aliphatic rings. The molecule has 78 valence electrons. The molecule has 14 heavy (non-hydrogen) atoms. The van der Waals surface area contributed by atoms with Crippen molar-refractivity contribution in [3.63, 3.8) is 0 Å². The van der Waals surface area contributed by atoms with Crippen molar-refractivity contribution in [3.8, 4) is 0 Å². The Morgan fingerprint density at radius 2 is 2.14 bits per heavy atom. The number of hydrogen-bond donors (Lipinski definition) is 2. The van der Waals surface area contributed by atoms with Gasteiger partial charge in [0.15, 0.2) is 5.69 Å². The van der Waals surface area contributed by atoms with Crippen LogP contribution >= 0.6 is 0 Å². The Bertz CT molecular complexity index is 321. The number of H-pyrrole nitrogens is 1. The first kappa shape index (κ1) is 10.6. The van der Waals surface area contributed by atoms with Gasteiger partial charge < -0.3 is 10.5 Å². The molecule has 0 saturated heterocycles. The molecule has 0 aliphatic carbocycles. The Balaban J connectivity index is 2.98. The van der Waals surface area contributed by atoms with E-state index in [4.69, 9.17) is 5.73 Å². The van der Waals surface area contributed by atoms with Gasteiger partial charge in [0.25, 0.3) is 0 Å². The summed E-state index contributed by atoms with van der Waals surface area (Å²) in [5.41, 5.74) is 6.46. The standard InChI is InChI=1S/C8H14N4O2/c1-4(2)5(9)6-7(8(13)14-3)11-12-10-6/h4-5H,9H2,1-3H3,(H,10,11,12). The largest absolute Gasteiger partial charge is 0.464 e. The zero-order valence-electron chi connectivity index (χ0n) is 8.44. The normalized spacial score (nSPS) is 12.9. The average molecular weight is 198 g/mol. The number of aromatic nitrogens is 3. The summed E-state index contributed by atoms with van der Waals surface area (Å²) in [5.74, 6) is -0.339. The summed E-state index contributed by atoms with van der Waals surface area (Å²) in [4.78, 5) is 11.2. The third kappa shape index (κ3) is 1.90. The predicted octanol–water partition coefficient (Wildman–Crippen LogP) is 0.247. The molecule has 0 aliphatic heterocycles. The van der Waals surface area contributed by atoms with Gasteiger partial charge in [-0.3, -0.25) is 0 Å². The Kier molecular flexibility index (Phi) is 3.19. The van der Waals surface area contributed by atoms with Gasteiger partial charge in [-0.05, 0) is 5.92 Å². The molecule has 0 radical (unpaired) electrons. The molecule has 6 nitrogen and oxygen atoms in total. The van der Waals surface area contributed by atoms with Gasteiger partial charge in [0.1, 0.15) is 5.69 Å². The lowest BCUT2D eigenvalue weighted by molar-refractivity contribution is 0.0591. The first-order chi connectivity index (χ1) is 6.57. The van der Waals surface area contributed by atoms with Crippen LogP contribution in [0, 0.1) is 5.92 Å². The Hall–Kier alpha value is -1.43. The molecule has 0 bridgehead atoms. The summed E-state index contributed by atoms with van der Waals surface area (Å²) in [6, 6.07) is -0.317. The number of carbonyl (C=O) groups is 1. The van der Waals surface area contributed by atoms with Crippen molar-refractivity contribution in [2.75, 3.05) is 7.11 Å². The van der Waals surface area contributed by atoms with Gasteiger partial charge in [-0.25, -0.2) is 4.79 Å². The summed E-state index contributed by atoms with van der Waals surface area (Å²) in [6.07, 6.45) is 0. The molecule has 1 heterocycles. The summed E-state index contributed by atoms with van der Waals surface area (Å²) in [7, 11) is 1.29. The third-order valence-corrected chi connectivity index (χ3v) is 1.99. The quantitative estimate of drug-likeness (QED) is 0.679. The van der Waals surface area contributed by atoms with Crippen molar-refractivity contribution < 1.29 is 9.53 Å². The van der Waals surface area contributed by atoms with E-state index in [9.17, 15) is 4.79 Å². The average Bonchev–Trinajstić information content (AvgIpc) is 2.63. The van der Waals surface area contributed by atoms with Crippen LogP contribution in [0.2, 0.25) is 0 Å². The molecule has 6 heteroatoms. The number of ether oxygens (including phenoxy) is 1. The number of carbonyl (C=O) groups excluding carboxylic acids is 1. The maximum atomic E-state index is 11.2. The zero-order chi connectivity index (χ0) is 10.7. The van der Waals surface area contributed by atoms with Crippen LogP contribution in [0.25, 0.3) is 0 Å². The highest BCUT2D eigenvalue weighted by Gasteiger charge is 2.23. The predicted molar refractivity (Wildman–Crippen MR) is 49.5 cm³/mol. The number of nitrogens with one attached hydrogen (secondary N) is 1. The van der Waals surface area contributed by atoms with Crippen molar-refractivity contribution in [2.45, 2.75) is 19.9 Å². The van der Waals surface area contributed by atoms with Gasteiger partial charge in [0, 0.05) is 0 Å². The Labute approximate surface area is 81.8 Å². The van der Waals surface area contributed by atoms with E-state index in [0.29, 0.717) is 5.69 Å². The van der Waals surface area contributed by atoms with Crippen molar-refractivity contribution in [1.29, 1.82) is 0 Å². The van der Waals surface area contributed by atoms with E-state index < -0.39 is 5.97 Å². The van der Waals surface area contributed by atoms with E-state index in [0.717, 1.165) is 0 Å². The van der Waals surface area contributed by atoms with Crippen molar-refractivity contribution in [2.24, 2.45) is 11.7 Å². The third-order valence-electron chi connectivity index (χ3n) is 1.99. The summed E-state index contributed by atoms with van der Waals surface area (Å²) in [5, 5.41) is 9.91. The number of hydrogen-bond acceptors (Lipinski definition) is 5. The monoisotopic (exact) mass is 198 g/mol. The number of esters is 1. The lowest BCUT2D eigenvalue weighted by Crippen LogP contribution is -2.20. The van der Waals surface area contributed by atoms with Crippen molar-refractivity contribution in [3.05, 3.63) is 11.4 Å². The summed E-state index contributed by atoms with van der Waals surface area (Å²) < 4.78 is 4.55. The van der Waals surface area contributed by atoms with Gasteiger partial charge in [-0.15, -0.1) is 5.10 Å². The fraction of sp³-hybridized carbons (Fsp3) is 0.625. The molecule has 1 aromatic rings. The van der Waals surface area contributed by atoms with Gasteiger partial charge in [-0.2, -0.15) is 10.3 Å².